The molecule has 136 valence electrons. The van der Waals surface area contributed by atoms with E-state index in [1.165, 1.54) is 0 Å². The molecule has 0 aromatic heterocycles. The van der Waals surface area contributed by atoms with E-state index in [9.17, 15) is 9.59 Å². The molecule has 6 nitrogen and oxygen atoms in total. The first-order chi connectivity index (χ1) is 12.1. The monoisotopic (exact) mass is 345 g/mol. The predicted octanol–water partition coefficient (Wildman–Crippen LogP) is 1.43. The van der Waals surface area contributed by atoms with Gasteiger partial charge in [0.1, 0.15) is 0 Å². The van der Waals surface area contributed by atoms with Gasteiger partial charge in [0, 0.05) is 44.5 Å². The standard InChI is InChI=1S/C19H27N3O3/c20-18(23)16-2-1-9-22(13-16)17-5-3-14(4-6-17)12-21-19(24)15-7-10-25-11-8-15/h3-6,15-16H,1-2,7-13H2,(H2,20,23)(H,21,24). The Labute approximate surface area is 148 Å². The zero-order chi connectivity index (χ0) is 17.6. The van der Waals surface area contributed by atoms with Gasteiger partial charge in [-0.3, -0.25) is 9.59 Å². The molecule has 2 saturated heterocycles. The number of ether oxygens (including phenoxy) is 1. The Hall–Kier alpha value is -2.08. The zero-order valence-electron chi connectivity index (χ0n) is 14.6. The largest absolute Gasteiger partial charge is 0.381 e. The number of anilines is 1. The second-order valence-electron chi connectivity index (χ2n) is 6.96. The number of primary amides is 1. The highest BCUT2D eigenvalue weighted by molar-refractivity contribution is 5.79. The second kappa shape index (κ2) is 8.34. The fourth-order valence-electron chi connectivity index (χ4n) is 3.56. The summed E-state index contributed by atoms with van der Waals surface area (Å²) in [5, 5.41) is 3.02. The van der Waals surface area contributed by atoms with Crippen molar-refractivity contribution < 1.29 is 14.3 Å². The third-order valence-corrected chi connectivity index (χ3v) is 5.18. The lowest BCUT2D eigenvalue weighted by Gasteiger charge is -2.33. The van der Waals surface area contributed by atoms with E-state index in [-0.39, 0.29) is 23.7 Å². The number of nitrogens with one attached hydrogen (secondary N) is 1. The molecule has 2 aliphatic rings. The summed E-state index contributed by atoms with van der Waals surface area (Å²) >= 11 is 0. The van der Waals surface area contributed by atoms with Crippen molar-refractivity contribution in [2.24, 2.45) is 17.6 Å². The molecule has 2 heterocycles. The number of amides is 2. The highest BCUT2D eigenvalue weighted by Gasteiger charge is 2.24. The Morgan fingerprint density at radius 3 is 2.52 bits per heavy atom. The fourth-order valence-corrected chi connectivity index (χ4v) is 3.56. The van der Waals surface area contributed by atoms with Crippen LogP contribution in [-0.4, -0.2) is 38.1 Å². The van der Waals surface area contributed by atoms with Crippen LogP contribution in [0.2, 0.25) is 0 Å². The van der Waals surface area contributed by atoms with Gasteiger partial charge in [-0.2, -0.15) is 0 Å². The molecule has 0 bridgehead atoms. The molecule has 0 radical (unpaired) electrons. The summed E-state index contributed by atoms with van der Waals surface area (Å²) in [5.74, 6) is -0.0795. The zero-order valence-corrected chi connectivity index (χ0v) is 14.6. The van der Waals surface area contributed by atoms with Gasteiger partial charge in [-0.15, -0.1) is 0 Å². The molecule has 1 atom stereocenters. The van der Waals surface area contributed by atoms with E-state index in [1.54, 1.807) is 0 Å². The van der Waals surface area contributed by atoms with Crippen molar-refractivity contribution in [2.75, 3.05) is 31.2 Å². The Kier molecular flexibility index (Phi) is 5.91. The van der Waals surface area contributed by atoms with E-state index in [4.69, 9.17) is 10.5 Å². The summed E-state index contributed by atoms with van der Waals surface area (Å²) in [6.45, 7) is 3.53. The minimum atomic E-state index is -0.211. The van der Waals surface area contributed by atoms with Crippen LogP contribution in [-0.2, 0) is 20.9 Å². The third-order valence-electron chi connectivity index (χ3n) is 5.18. The lowest BCUT2D eigenvalue weighted by molar-refractivity contribution is -0.128. The Balaban J connectivity index is 1.51. The van der Waals surface area contributed by atoms with Crippen LogP contribution < -0.4 is 16.0 Å². The van der Waals surface area contributed by atoms with Gasteiger partial charge in [0.25, 0.3) is 0 Å². The number of nitrogens with zero attached hydrogens (tertiary/aromatic N) is 1. The summed E-state index contributed by atoms with van der Waals surface area (Å²) in [6.07, 6.45) is 3.47. The normalized spacial score (nSPS) is 21.8. The number of carbonyl (C=O) groups excluding carboxylic acids is 2. The molecule has 6 heteroatoms. The van der Waals surface area contributed by atoms with Crippen LogP contribution in [0.5, 0.6) is 0 Å². The molecular formula is C19H27N3O3. The van der Waals surface area contributed by atoms with Crippen molar-refractivity contribution in [3.63, 3.8) is 0 Å². The lowest BCUT2D eigenvalue weighted by Crippen LogP contribution is -2.41. The van der Waals surface area contributed by atoms with E-state index in [2.05, 4.69) is 22.3 Å². The van der Waals surface area contributed by atoms with Crippen LogP contribution in [0.15, 0.2) is 24.3 Å². The highest BCUT2D eigenvalue weighted by Crippen LogP contribution is 2.23. The molecule has 0 aliphatic carbocycles. The van der Waals surface area contributed by atoms with Crippen LogP contribution in [0.25, 0.3) is 0 Å². The molecule has 2 amide bonds. The van der Waals surface area contributed by atoms with E-state index < -0.39 is 0 Å². The maximum Gasteiger partial charge on any atom is 0.223 e. The van der Waals surface area contributed by atoms with Gasteiger partial charge < -0.3 is 20.7 Å². The molecule has 2 aliphatic heterocycles. The highest BCUT2D eigenvalue weighted by atomic mass is 16.5. The van der Waals surface area contributed by atoms with Crippen molar-refractivity contribution in [3.05, 3.63) is 29.8 Å². The molecule has 1 aromatic rings. The lowest BCUT2D eigenvalue weighted by atomic mass is 9.97. The average molecular weight is 345 g/mol. The summed E-state index contributed by atoms with van der Waals surface area (Å²) in [6, 6.07) is 8.18. The third kappa shape index (κ3) is 4.72. The molecular weight excluding hydrogens is 318 g/mol. The number of hydrogen-bond acceptors (Lipinski definition) is 4. The topological polar surface area (TPSA) is 84.7 Å². The number of rotatable bonds is 5. The number of carbonyl (C=O) groups is 2. The number of benzene rings is 1. The average Bonchev–Trinajstić information content (AvgIpc) is 2.67. The molecule has 1 unspecified atom stereocenters. The Morgan fingerprint density at radius 1 is 1.12 bits per heavy atom. The second-order valence-corrected chi connectivity index (χ2v) is 6.96. The molecule has 0 spiro atoms. The molecule has 1 aromatic carbocycles. The van der Waals surface area contributed by atoms with Crippen molar-refractivity contribution in [3.8, 4) is 0 Å². The first kappa shape index (κ1) is 17.7. The van der Waals surface area contributed by atoms with Crippen molar-refractivity contribution in [1.29, 1.82) is 0 Å². The van der Waals surface area contributed by atoms with Gasteiger partial charge in [0.05, 0.1) is 5.92 Å². The smallest absolute Gasteiger partial charge is 0.223 e. The fraction of sp³-hybridized carbons (Fsp3) is 0.579. The maximum atomic E-state index is 12.2. The van der Waals surface area contributed by atoms with Crippen molar-refractivity contribution in [1.82, 2.24) is 5.32 Å². The summed E-state index contributed by atoms with van der Waals surface area (Å²) in [4.78, 5) is 25.8. The van der Waals surface area contributed by atoms with Gasteiger partial charge in [-0.1, -0.05) is 12.1 Å². The number of piperidine rings is 1. The quantitative estimate of drug-likeness (QED) is 0.845. The van der Waals surface area contributed by atoms with Gasteiger partial charge in [0.2, 0.25) is 11.8 Å². The summed E-state index contributed by atoms with van der Waals surface area (Å²) in [5.41, 5.74) is 7.63. The van der Waals surface area contributed by atoms with Crippen LogP contribution in [0.3, 0.4) is 0 Å². The molecule has 3 N–H and O–H groups in total. The molecule has 2 fully saturated rings. The van der Waals surface area contributed by atoms with Gasteiger partial charge in [-0.25, -0.2) is 0 Å². The molecule has 3 rings (SSSR count). The molecule has 0 saturated carbocycles. The van der Waals surface area contributed by atoms with E-state index in [0.717, 1.165) is 43.5 Å². The van der Waals surface area contributed by atoms with Crippen molar-refractivity contribution in [2.45, 2.75) is 32.2 Å². The van der Waals surface area contributed by atoms with Crippen molar-refractivity contribution >= 4 is 17.5 Å². The summed E-state index contributed by atoms with van der Waals surface area (Å²) in [7, 11) is 0. The Morgan fingerprint density at radius 2 is 1.84 bits per heavy atom. The maximum absolute atomic E-state index is 12.2. The van der Waals surface area contributed by atoms with Gasteiger partial charge in [0.15, 0.2) is 0 Å². The summed E-state index contributed by atoms with van der Waals surface area (Å²) < 4.78 is 5.29. The number of nitrogens with two attached hydrogens (primary N) is 1. The minimum Gasteiger partial charge on any atom is -0.381 e. The van der Waals surface area contributed by atoms with Crippen LogP contribution in [0, 0.1) is 11.8 Å². The first-order valence-corrected chi connectivity index (χ1v) is 9.12. The minimum absolute atomic E-state index is 0.0628. The van der Waals surface area contributed by atoms with E-state index in [0.29, 0.717) is 26.3 Å². The van der Waals surface area contributed by atoms with Crippen LogP contribution in [0.1, 0.15) is 31.2 Å². The van der Waals surface area contributed by atoms with E-state index in [1.807, 2.05) is 12.1 Å². The van der Waals surface area contributed by atoms with Gasteiger partial charge >= 0.3 is 0 Å². The van der Waals surface area contributed by atoms with Crippen LogP contribution >= 0.6 is 0 Å². The SMILES string of the molecule is NC(=O)C1CCCN(c2ccc(CNC(=O)C3CCOCC3)cc2)C1. The number of hydrogen-bond donors (Lipinski definition) is 2. The van der Waals surface area contributed by atoms with Crippen LogP contribution in [0.4, 0.5) is 5.69 Å². The van der Waals surface area contributed by atoms with E-state index >= 15 is 0 Å². The first-order valence-electron chi connectivity index (χ1n) is 9.12. The van der Waals surface area contributed by atoms with Gasteiger partial charge in [-0.05, 0) is 43.4 Å². The molecule has 25 heavy (non-hydrogen) atoms. The Bertz CT molecular complexity index is 596. The predicted molar refractivity (Wildman–Crippen MR) is 96.0 cm³/mol.